The van der Waals surface area contributed by atoms with Crippen molar-refractivity contribution in [3.63, 3.8) is 0 Å². The van der Waals surface area contributed by atoms with Gasteiger partial charge in [0, 0.05) is 19.6 Å². The Bertz CT molecular complexity index is 360. The number of rotatable bonds is 4. The van der Waals surface area contributed by atoms with Gasteiger partial charge in [0.25, 0.3) is 0 Å². The van der Waals surface area contributed by atoms with Crippen molar-refractivity contribution in [2.45, 2.75) is 5.92 Å². The van der Waals surface area contributed by atoms with E-state index in [0.29, 0.717) is 19.8 Å². The second-order valence-electron chi connectivity index (χ2n) is 4.21. The molecule has 4 nitrogen and oxygen atoms in total. The fourth-order valence-electron chi connectivity index (χ4n) is 2.05. The summed E-state index contributed by atoms with van der Waals surface area (Å²) < 4.78 is 5.26. The van der Waals surface area contributed by atoms with Crippen LogP contribution in [0, 0.1) is 0 Å². The molecule has 1 aliphatic heterocycles. The van der Waals surface area contributed by atoms with Gasteiger partial charge in [-0.3, -0.25) is 9.69 Å². The molecule has 1 fully saturated rings. The normalized spacial score (nSPS) is 18.8. The van der Waals surface area contributed by atoms with Gasteiger partial charge in [-0.1, -0.05) is 30.3 Å². The van der Waals surface area contributed by atoms with Crippen molar-refractivity contribution in [2.75, 3.05) is 32.8 Å². The van der Waals surface area contributed by atoms with Crippen LogP contribution in [-0.4, -0.2) is 48.8 Å². The van der Waals surface area contributed by atoms with E-state index in [9.17, 15) is 9.90 Å². The molecule has 1 atom stereocenters. The Morgan fingerprint density at radius 1 is 1.29 bits per heavy atom. The van der Waals surface area contributed by atoms with Crippen LogP contribution >= 0.6 is 0 Å². The van der Waals surface area contributed by atoms with E-state index in [1.165, 1.54) is 0 Å². The first-order chi connectivity index (χ1) is 8.27. The molecule has 4 heteroatoms. The van der Waals surface area contributed by atoms with Crippen molar-refractivity contribution >= 4 is 5.97 Å². The summed E-state index contributed by atoms with van der Waals surface area (Å²) in [5.41, 5.74) is 0.867. The third kappa shape index (κ3) is 3.28. The molecule has 92 valence electrons. The van der Waals surface area contributed by atoms with Crippen LogP contribution in [-0.2, 0) is 9.53 Å². The average Bonchev–Trinajstić information content (AvgIpc) is 2.38. The van der Waals surface area contributed by atoms with E-state index in [4.69, 9.17) is 4.74 Å². The Labute approximate surface area is 101 Å². The molecule has 0 spiro atoms. The standard InChI is InChI=1S/C13H17NO3/c15-13(16)12(11-4-2-1-3-5-11)10-14-6-8-17-9-7-14/h1-5,12H,6-10H2,(H,15,16)/t12-/m0/s1. The molecule has 0 amide bonds. The summed E-state index contributed by atoms with van der Waals surface area (Å²) in [5.74, 6) is -1.21. The largest absolute Gasteiger partial charge is 0.481 e. The minimum Gasteiger partial charge on any atom is -0.481 e. The molecule has 1 heterocycles. The topological polar surface area (TPSA) is 49.8 Å². The molecule has 0 aliphatic carbocycles. The van der Waals surface area contributed by atoms with Crippen LogP contribution < -0.4 is 0 Å². The highest BCUT2D eigenvalue weighted by Gasteiger charge is 2.23. The Morgan fingerprint density at radius 2 is 1.94 bits per heavy atom. The Hall–Kier alpha value is -1.39. The first kappa shape index (κ1) is 12.1. The quantitative estimate of drug-likeness (QED) is 0.851. The molecule has 1 N–H and O–H groups in total. The third-order valence-corrected chi connectivity index (χ3v) is 3.04. The molecule has 1 saturated heterocycles. The zero-order valence-corrected chi connectivity index (χ0v) is 9.71. The van der Waals surface area contributed by atoms with Crippen LogP contribution in [0.15, 0.2) is 30.3 Å². The summed E-state index contributed by atoms with van der Waals surface area (Å²) in [6.07, 6.45) is 0. The van der Waals surface area contributed by atoms with Crippen LogP contribution in [0.4, 0.5) is 0 Å². The average molecular weight is 235 g/mol. The number of morpholine rings is 1. The summed E-state index contributed by atoms with van der Waals surface area (Å²) in [7, 11) is 0. The van der Waals surface area contributed by atoms with Gasteiger partial charge in [-0.2, -0.15) is 0 Å². The molecule has 17 heavy (non-hydrogen) atoms. The number of carboxylic acids is 1. The molecule has 1 aromatic carbocycles. The lowest BCUT2D eigenvalue weighted by Crippen LogP contribution is -2.40. The van der Waals surface area contributed by atoms with Gasteiger partial charge in [-0.15, -0.1) is 0 Å². The van der Waals surface area contributed by atoms with E-state index in [1.54, 1.807) is 0 Å². The van der Waals surface area contributed by atoms with Gasteiger partial charge < -0.3 is 9.84 Å². The number of aliphatic carboxylic acids is 1. The van der Waals surface area contributed by atoms with Crippen molar-refractivity contribution in [1.29, 1.82) is 0 Å². The minimum absolute atomic E-state index is 0.450. The first-order valence-electron chi connectivity index (χ1n) is 5.85. The summed E-state index contributed by atoms with van der Waals surface area (Å²) in [5, 5.41) is 9.30. The lowest BCUT2D eigenvalue weighted by molar-refractivity contribution is -0.139. The van der Waals surface area contributed by atoms with Crippen LogP contribution in [0.2, 0.25) is 0 Å². The van der Waals surface area contributed by atoms with Gasteiger partial charge in [0.15, 0.2) is 0 Å². The second-order valence-corrected chi connectivity index (χ2v) is 4.21. The SMILES string of the molecule is O=C(O)[C@@H](CN1CCOCC1)c1ccccc1. The van der Waals surface area contributed by atoms with E-state index in [-0.39, 0.29) is 0 Å². The fourth-order valence-corrected chi connectivity index (χ4v) is 2.05. The Kier molecular flexibility index (Phi) is 4.12. The zero-order chi connectivity index (χ0) is 12.1. The van der Waals surface area contributed by atoms with Gasteiger partial charge in [0.2, 0.25) is 0 Å². The van der Waals surface area contributed by atoms with E-state index in [2.05, 4.69) is 4.90 Å². The fraction of sp³-hybridized carbons (Fsp3) is 0.462. The number of ether oxygens (including phenoxy) is 1. The maximum absolute atomic E-state index is 11.3. The van der Waals surface area contributed by atoms with Crippen molar-refractivity contribution in [3.8, 4) is 0 Å². The second kappa shape index (κ2) is 5.80. The molecule has 0 saturated carbocycles. The monoisotopic (exact) mass is 235 g/mol. The van der Waals surface area contributed by atoms with Crippen molar-refractivity contribution in [1.82, 2.24) is 4.90 Å². The van der Waals surface area contributed by atoms with E-state index < -0.39 is 11.9 Å². The number of carbonyl (C=O) groups is 1. The van der Waals surface area contributed by atoms with Gasteiger partial charge in [-0.05, 0) is 5.56 Å². The van der Waals surface area contributed by atoms with Gasteiger partial charge in [-0.25, -0.2) is 0 Å². The molecule has 1 aliphatic rings. The third-order valence-electron chi connectivity index (χ3n) is 3.04. The Morgan fingerprint density at radius 3 is 2.53 bits per heavy atom. The van der Waals surface area contributed by atoms with Gasteiger partial charge in [0.05, 0.1) is 19.1 Å². The first-order valence-corrected chi connectivity index (χ1v) is 5.85. The zero-order valence-electron chi connectivity index (χ0n) is 9.71. The van der Waals surface area contributed by atoms with E-state index in [1.807, 2.05) is 30.3 Å². The van der Waals surface area contributed by atoms with Crippen molar-refractivity contribution in [2.24, 2.45) is 0 Å². The van der Waals surface area contributed by atoms with Crippen LogP contribution in [0.1, 0.15) is 11.5 Å². The van der Waals surface area contributed by atoms with E-state index in [0.717, 1.165) is 18.7 Å². The highest BCUT2D eigenvalue weighted by molar-refractivity contribution is 5.76. The molecule has 1 aromatic rings. The molecule has 0 unspecified atom stereocenters. The Balaban J connectivity index is 2.05. The van der Waals surface area contributed by atoms with Crippen LogP contribution in [0.3, 0.4) is 0 Å². The molecule has 0 aromatic heterocycles. The van der Waals surface area contributed by atoms with Crippen molar-refractivity contribution < 1.29 is 14.6 Å². The lowest BCUT2D eigenvalue weighted by Gasteiger charge is -2.29. The molecule has 2 rings (SSSR count). The molecular formula is C13H17NO3. The highest BCUT2D eigenvalue weighted by atomic mass is 16.5. The lowest BCUT2D eigenvalue weighted by atomic mass is 9.98. The number of carboxylic acid groups (broad SMARTS) is 1. The van der Waals surface area contributed by atoms with Gasteiger partial charge in [0.1, 0.15) is 0 Å². The number of hydrogen-bond donors (Lipinski definition) is 1. The maximum Gasteiger partial charge on any atom is 0.312 e. The predicted molar refractivity (Wildman–Crippen MR) is 64.1 cm³/mol. The summed E-state index contributed by atoms with van der Waals surface area (Å²) >= 11 is 0. The maximum atomic E-state index is 11.3. The van der Waals surface area contributed by atoms with Crippen molar-refractivity contribution in [3.05, 3.63) is 35.9 Å². The number of nitrogens with zero attached hydrogens (tertiary/aromatic N) is 1. The smallest absolute Gasteiger partial charge is 0.312 e. The number of hydrogen-bond acceptors (Lipinski definition) is 3. The highest BCUT2D eigenvalue weighted by Crippen LogP contribution is 2.17. The summed E-state index contributed by atoms with van der Waals surface area (Å²) in [4.78, 5) is 13.5. The minimum atomic E-state index is -0.761. The number of benzene rings is 1. The van der Waals surface area contributed by atoms with E-state index >= 15 is 0 Å². The molecule has 0 bridgehead atoms. The summed E-state index contributed by atoms with van der Waals surface area (Å²) in [6, 6.07) is 9.41. The van der Waals surface area contributed by atoms with Gasteiger partial charge >= 0.3 is 5.97 Å². The van der Waals surface area contributed by atoms with Crippen LogP contribution in [0.5, 0.6) is 0 Å². The van der Waals surface area contributed by atoms with Crippen LogP contribution in [0.25, 0.3) is 0 Å². The summed E-state index contributed by atoms with van der Waals surface area (Å²) in [6.45, 7) is 3.58. The molecule has 0 radical (unpaired) electrons. The predicted octanol–water partition coefficient (Wildman–Crippen LogP) is 1.19. The molecular weight excluding hydrogens is 218 g/mol.